The van der Waals surface area contributed by atoms with Crippen molar-refractivity contribution >= 4 is 53.3 Å². The molecule has 5 aromatic rings. The van der Waals surface area contributed by atoms with Gasteiger partial charge in [0.2, 0.25) is 0 Å². The summed E-state index contributed by atoms with van der Waals surface area (Å²) in [6.07, 6.45) is 0.715. The van der Waals surface area contributed by atoms with Gasteiger partial charge < -0.3 is 0 Å². The zero-order valence-corrected chi connectivity index (χ0v) is 18.8. The quantitative estimate of drug-likeness (QED) is 0.236. The van der Waals surface area contributed by atoms with Crippen LogP contribution >= 0.6 is 0 Å². The van der Waals surface area contributed by atoms with E-state index in [1.807, 2.05) is 0 Å². The maximum Gasteiger partial charge on any atom is 0.425 e. The average Bonchev–Trinajstić information content (AvgIpc) is 3.04. The first-order valence-electron chi connectivity index (χ1n) is 9.54. The van der Waals surface area contributed by atoms with Crippen LogP contribution in [0.4, 0.5) is 0 Å². The molecule has 10 heteroatoms. The van der Waals surface area contributed by atoms with Crippen LogP contribution in [-0.2, 0) is 20.7 Å². The van der Waals surface area contributed by atoms with E-state index >= 15 is 0 Å². The van der Waals surface area contributed by atoms with Crippen LogP contribution in [0.25, 0.3) is 55.1 Å². The smallest absolute Gasteiger partial charge is 0.286 e. The Hall–Kier alpha value is -3.73. The summed E-state index contributed by atoms with van der Waals surface area (Å²) in [6.45, 7) is 0. The Bertz CT molecular complexity index is 1660. The number of fused-ring (bicyclic) bond motifs is 5. The van der Waals surface area contributed by atoms with Crippen LogP contribution in [0.1, 0.15) is 7.43 Å². The first-order chi connectivity index (χ1) is 15.6. The molecule has 1 aliphatic carbocycles. The average molecular weight is 497 g/mol. The van der Waals surface area contributed by atoms with Crippen LogP contribution in [-0.4, -0.2) is 41.8 Å². The molecule has 174 valence electrons. The lowest BCUT2D eigenvalue weighted by Gasteiger charge is -2.05. The summed E-state index contributed by atoms with van der Waals surface area (Å²) >= 11 is 0. The molecule has 0 radical (unpaired) electrons. The molecule has 0 saturated heterocycles. The summed E-state index contributed by atoms with van der Waals surface area (Å²) in [5.74, 6) is 0. The van der Waals surface area contributed by atoms with E-state index in [1.54, 1.807) is 0 Å². The van der Waals surface area contributed by atoms with Crippen LogP contribution < -0.4 is 0 Å². The predicted molar refractivity (Wildman–Crippen MR) is 133 cm³/mol. The van der Waals surface area contributed by atoms with Crippen molar-refractivity contribution in [3.63, 3.8) is 0 Å². The van der Waals surface area contributed by atoms with E-state index < -0.39 is 20.7 Å². The SMILES string of the molecule is C.CS(=O)(=O)O.O=S(=O)=O.c1ccc2cc3nc4c(nc3cc2c1)-c1cccc2cccc-4c12. The third kappa shape index (κ3) is 5.25. The standard InChI is InChI=1S/C22H12N2.CH4O3S.CH4.O3S/c1-2-6-15-12-19-18(11-14(15)5-1)23-21-16-9-3-7-13-8-4-10-17(20(13)16)22(21)24-19;1-5(2,3)4;;1-4(2)3/h1-12H;1H3,(H,2,3,4);1H4;. The van der Waals surface area contributed by atoms with Gasteiger partial charge in [0.05, 0.1) is 28.7 Å². The van der Waals surface area contributed by atoms with Crippen molar-refractivity contribution in [2.24, 2.45) is 0 Å². The maximum absolute atomic E-state index is 9.19. The lowest BCUT2D eigenvalue weighted by atomic mass is 10.0. The number of nitrogens with zero attached hydrogens (tertiary/aromatic N) is 2. The first kappa shape index (κ1) is 24.9. The van der Waals surface area contributed by atoms with Crippen LogP contribution in [0.3, 0.4) is 0 Å². The van der Waals surface area contributed by atoms with Crippen molar-refractivity contribution in [1.82, 2.24) is 9.97 Å². The number of aromatic nitrogens is 2. The molecule has 4 aromatic carbocycles. The highest BCUT2D eigenvalue weighted by Crippen LogP contribution is 2.45. The van der Waals surface area contributed by atoms with Crippen LogP contribution in [0.2, 0.25) is 0 Å². The highest BCUT2D eigenvalue weighted by Gasteiger charge is 2.24. The fourth-order valence-electron chi connectivity index (χ4n) is 3.85. The normalized spacial score (nSPS) is 11.0. The molecule has 8 nitrogen and oxygen atoms in total. The van der Waals surface area contributed by atoms with Crippen LogP contribution in [0.15, 0.2) is 72.8 Å². The van der Waals surface area contributed by atoms with E-state index in [9.17, 15) is 8.42 Å². The zero-order chi connectivity index (χ0) is 23.8. The van der Waals surface area contributed by atoms with Gasteiger partial charge in [-0.3, -0.25) is 4.55 Å². The Morgan fingerprint density at radius 2 is 1.06 bits per heavy atom. The van der Waals surface area contributed by atoms with Gasteiger partial charge in [-0.05, 0) is 28.3 Å². The molecule has 0 unspecified atom stereocenters. The molecule has 0 bridgehead atoms. The molecule has 0 spiro atoms. The summed E-state index contributed by atoms with van der Waals surface area (Å²) in [5.41, 5.74) is 6.31. The molecule has 6 rings (SSSR count). The summed E-state index contributed by atoms with van der Waals surface area (Å²) in [5, 5.41) is 4.93. The highest BCUT2D eigenvalue weighted by atomic mass is 32.2. The number of hydrogen-bond acceptors (Lipinski definition) is 7. The molecular formula is C24H20N2O6S2. The fraction of sp³-hybridized carbons (Fsp3) is 0.0833. The van der Waals surface area contributed by atoms with Crippen molar-refractivity contribution in [2.45, 2.75) is 7.43 Å². The minimum absolute atomic E-state index is 0. The third-order valence-corrected chi connectivity index (χ3v) is 4.95. The molecule has 1 heterocycles. The van der Waals surface area contributed by atoms with Gasteiger partial charge in [-0.2, -0.15) is 8.42 Å². The van der Waals surface area contributed by atoms with Gasteiger partial charge in [0.15, 0.2) is 0 Å². The van der Waals surface area contributed by atoms with Gasteiger partial charge in [0, 0.05) is 16.5 Å². The lowest BCUT2D eigenvalue weighted by molar-refractivity contribution is 0.490. The lowest BCUT2D eigenvalue weighted by Crippen LogP contribution is -1.90. The zero-order valence-electron chi connectivity index (χ0n) is 17.1. The van der Waals surface area contributed by atoms with Gasteiger partial charge >= 0.3 is 10.6 Å². The van der Waals surface area contributed by atoms with Crippen molar-refractivity contribution in [3.05, 3.63) is 72.8 Å². The minimum atomic E-state index is -3.67. The fourth-order valence-corrected chi connectivity index (χ4v) is 3.85. The second-order valence-corrected chi connectivity index (χ2v) is 9.13. The third-order valence-electron chi connectivity index (χ3n) is 4.95. The predicted octanol–water partition coefficient (Wildman–Crippen LogP) is 4.72. The monoisotopic (exact) mass is 496 g/mol. The summed E-state index contributed by atoms with van der Waals surface area (Å²) in [7, 11) is -6.78. The van der Waals surface area contributed by atoms with E-state index in [4.69, 9.17) is 27.1 Å². The summed E-state index contributed by atoms with van der Waals surface area (Å²) in [6, 6.07) is 25.5. The molecule has 1 aromatic heterocycles. The Morgan fingerprint density at radius 1 is 0.706 bits per heavy atom. The molecule has 0 saturated carbocycles. The molecule has 0 fully saturated rings. The van der Waals surface area contributed by atoms with Crippen molar-refractivity contribution in [1.29, 1.82) is 0 Å². The topological polar surface area (TPSA) is 131 Å². The molecular weight excluding hydrogens is 476 g/mol. The van der Waals surface area contributed by atoms with Crippen molar-refractivity contribution in [3.8, 4) is 22.5 Å². The van der Waals surface area contributed by atoms with Gasteiger partial charge in [0.1, 0.15) is 0 Å². The minimum Gasteiger partial charge on any atom is -0.286 e. The first-order valence-corrected chi connectivity index (χ1v) is 12.4. The van der Waals surface area contributed by atoms with Gasteiger partial charge in [-0.15, -0.1) is 12.6 Å². The second-order valence-electron chi connectivity index (χ2n) is 7.26. The Labute approximate surface area is 197 Å². The number of benzene rings is 4. The van der Waals surface area contributed by atoms with E-state index in [1.165, 1.54) is 32.7 Å². The van der Waals surface area contributed by atoms with Gasteiger partial charge in [-0.1, -0.05) is 68.1 Å². The largest absolute Gasteiger partial charge is 0.425 e. The maximum atomic E-state index is 9.19. The van der Waals surface area contributed by atoms with Gasteiger partial charge in [-0.25, -0.2) is 9.97 Å². The van der Waals surface area contributed by atoms with E-state index in [0.29, 0.717) is 6.26 Å². The van der Waals surface area contributed by atoms with E-state index in [0.717, 1.165) is 22.4 Å². The van der Waals surface area contributed by atoms with E-state index in [-0.39, 0.29) is 7.43 Å². The number of hydrogen-bond donors (Lipinski definition) is 1. The van der Waals surface area contributed by atoms with Crippen molar-refractivity contribution < 1.29 is 25.6 Å². The van der Waals surface area contributed by atoms with Crippen LogP contribution in [0, 0.1) is 0 Å². The molecule has 1 N–H and O–H groups in total. The second kappa shape index (κ2) is 9.64. The Morgan fingerprint density at radius 3 is 1.44 bits per heavy atom. The summed E-state index contributed by atoms with van der Waals surface area (Å²) in [4.78, 5) is 9.97. The van der Waals surface area contributed by atoms with E-state index in [2.05, 4.69) is 72.8 Å². The molecule has 1 aliphatic rings. The number of rotatable bonds is 0. The molecule has 34 heavy (non-hydrogen) atoms. The molecule has 0 aliphatic heterocycles. The summed E-state index contributed by atoms with van der Waals surface area (Å²) < 4.78 is 51.2. The van der Waals surface area contributed by atoms with Crippen LogP contribution in [0.5, 0.6) is 0 Å². The Balaban J connectivity index is 0.000000282. The molecule has 0 atom stereocenters. The van der Waals surface area contributed by atoms with Gasteiger partial charge in [0.25, 0.3) is 10.1 Å². The highest BCUT2D eigenvalue weighted by molar-refractivity contribution is 7.85. The Kier molecular flexibility index (Phi) is 7.06. The van der Waals surface area contributed by atoms with Crippen molar-refractivity contribution in [2.75, 3.05) is 6.26 Å². The molecule has 0 amide bonds.